The largest absolute Gasteiger partial charge is 0.512 e. The van der Waals surface area contributed by atoms with E-state index < -0.39 is 5.97 Å². The van der Waals surface area contributed by atoms with Crippen LogP contribution in [0.3, 0.4) is 0 Å². The van der Waals surface area contributed by atoms with Crippen LogP contribution in [0.25, 0.3) is 0 Å². The maximum Gasteiger partial charge on any atom is 0.335 e. The number of pyridine rings is 1. The van der Waals surface area contributed by atoms with Gasteiger partial charge >= 0.3 is 5.97 Å². The van der Waals surface area contributed by atoms with E-state index in [1.165, 1.54) is 12.3 Å². The third-order valence-electron chi connectivity index (χ3n) is 7.35. The first-order valence-electron chi connectivity index (χ1n) is 12.2. The molecule has 2 unspecified atom stereocenters. The molecular weight excluding hydrogens is 547 g/mol. The highest BCUT2D eigenvalue weighted by molar-refractivity contribution is 6.41. The van der Waals surface area contributed by atoms with Crippen molar-refractivity contribution in [3.63, 3.8) is 0 Å². The number of nitrogens with zero attached hydrogens (tertiary/aromatic N) is 1. The number of aliphatic hydroxyl groups excluding tert-OH is 1. The Balaban J connectivity index is 1.35. The highest BCUT2D eigenvalue weighted by Crippen LogP contribution is 2.61. The second-order valence-corrected chi connectivity index (χ2v) is 11.2. The number of carbonyl (C=O) groups is 1. The lowest BCUT2D eigenvalue weighted by Crippen LogP contribution is -2.16. The summed E-state index contributed by atoms with van der Waals surface area (Å²) < 4.78 is 6.01. The van der Waals surface area contributed by atoms with Crippen LogP contribution in [0.15, 0.2) is 66.1 Å². The highest BCUT2D eigenvalue weighted by atomic mass is 35.5. The molecule has 1 heterocycles. The molecule has 3 N–H and O–H groups in total. The van der Waals surface area contributed by atoms with Crippen LogP contribution in [0, 0.1) is 11.3 Å². The number of benzene rings is 2. The number of hydrogen-bond donors (Lipinski definition) is 3. The Hall–Kier alpha value is -3.06. The van der Waals surface area contributed by atoms with Crippen molar-refractivity contribution >= 4 is 46.5 Å². The van der Waals surface area contributed by atoms with Gasteiger partial charge in [-0.05, 0) is 61.2 Å². The normalized spacial score (nSPS) is 21.0. The minimum Gasteiger partial charge on any atom is -0.512 e. The number of ether oxygens (including phenoxy) is 1. The van der Waals surface area contributed by atoms with Crippen molar-refractivity contribution in [2.24, 2.45) is 5.92 Å². The topological polar surface area (TPSA) is 104 Å². The molecule has 196 valence electrons. The van der Waals surface area contributed by atoms with Gasteiger partial charge in [-0.3, -0.25) is 10.4 Å². The fourth-order valence-electron chi connectivity index (χ4n) is 4.83. The Morgan fingerprint density at radius 3 is 2.42 bits per heavy atom. The summed E-state index contributed by atoms with van der Waals surface area (Å²) in [5.41, 5.74) is 2.29. The van der Waals surface area contributed by atoms with Crippen LogP contribution in [0.5, 0.6) is 5.75 Å². The van der Waals surface area contributed by atoms with Crippen molar-refractivity contribution in [2.45, 2.75) is 37.5 Å². The molecule has 2 atom stereocenters. The summed E-state index contributed by atoms with van der Waals surface area (Å²) in [6, 6.07) is 13.5. The van der Waals surface area contributed by atoms with Crippen molar-refractivity contribution < 1.29 is 19.7 Å². The zero-order chi connectivity index (χ0) is 27.2. The number of allylic oxidation sites excluding steroid dienone is 1. The van der Waals surface area contributed by atoms with E-state index in [1.807, 2.05) is 6.07 Å². The smallest absolute Gasteiger partial charge is 0.335 e. The van der Waals surface area contributed by atoms with Crippen molar-refractivity contribution in [2.75, 3.05) is 6.61 Å². The van der Waals surface area contributed by atoms with Crippen LogP contribution in [0.2, 0.25) is 15.1 Å². The van der Waals surface area contributed by atoms with E-state index in [4.69, 9.17) is 44.9 Å². The summed E-state index contributed by atoms with van der Waals surface area (Å²) in [5, 5.41) is 30.1. The third kappa shape index (κ3) is 5.13. The molecule has 2 fully saturated rings. The maximum atomic E-state index is 11.4. The van der Waals surface area contributed by atoms with Gasteiger partial charge in [0.05, 0.1) is 26.9 Å². The fraction of sp³-hybridized carbons (Fsp3) is 0.276. The lowest BCUT2D eigenvalue weighted by molar-refractivity contribution is 0.0696. The van der Waals surface area contributed by atoms with Gasteiger partial charge in [-0.15, -0.1) is 0 Å². The highest BCUT2D eigenvalue weighted by Gasteiger charge is 2.53. The minimum atomic E-state index is -0.985. The van der Waals surface area contributed by atoms with Crippen LogP contribution >= 0.6 is 34.8 Å². The number of carboxylic acids is 1. The molecule has 6 nitrogen and oxygen atoms in total. The number of nitrogens with one attached hydrogen (secondary N) is 1. The summed E-state index contributed by atoms with van der Waals surface area (Å²) in [4.78, 5) is 15.8. The Morgan fingerprint density at radius 2 is 1.79 bits per heavy atom. The predicted octanol–water partition coefficient (Wildman–Crippen LogP) is 7.85. The summed E-state index contributed by atoms with van der Waals surface area (Å²) in [5.74, 6) is -0.317. The molecule has 2 aliphatic rings. The molecule has 5 rings (SSSR count). The van der Waals surface area contributed by atoms with Gasteiger partial charge in [-0.25, -0.2) is 4.79 Å². The average Bonchev–Trinajstić information content (AvgIpc) is 3.80. The molecule has 2 saturated carbocycles. The minimum absolute atomic E-state index is 0.00108. The Morgan fingerprint density at radius 1 is 1.08 bits per heavy atom. The SMILES string of the molecule is CC1(c2ccc(OC/C(C(=N)c3c(Cl)cccc3Cl)=C(/O)C3CC3)cc2Cl)CC1c1cc(C(=O)O)ccn1. The van der Waals surface area contributed by atoms with Gasteiger partial charge in [0.25, 0.3) is 0 Å². The Labute approximate surface area is 235 Å². The molecule has 0 spiro atoms. The van der Waals surface area contributed by atoms with E-state index in [0.717, 1.165) is 30.5 Å². The van der Waals surface area contributed by atoms with E-state index in [2.05, 4.69) is 11.9 Å². The molecular formula is C29H25Cl3N2O4. The quantitative estimate of drug-likeness (QED) is 0.179. The monoisotopic (exact) mass is 570 g/mol. The zero-order valence-electron chi connectivity index (χ0n) is 20.5. The van der Waals surface area contributed by atoms with Gasteiger partial charge in [0.2, 0.25) is 0 Å². The molecule has 38 heavy (non-hydrogen) atoms. The number of aromatic nitrogens is 1. The lowest BCUT2D eigenvalue weighted by Gasteiger charge is -2.18. The number of aliphatic hydroxyl groups is 1. The fourth-order valence-corrected chi connectivity index (χ4v) is 5.81. The summed E-state index contributed by atoms with van der Waals surface area (Å²) in [7, 11) is 0. The van der Waals surface area contributed by atoms with Crippen LogP contribution < -0.4 is 4.74 Å². The Kier molecular flexibility index (Phi) is 7.16. The van der Waals surface area contributed by atoms with Crippen molar-refractivity contribution in [3.05, 3.63) is 104 Å². The Bertz CT molecular complexity index is 1460. The van der Waals surface area contributed by atoms with Gasteiger partial charge in [0.1, 0.15) is 18.1 Å². The van der Waals surface area contributed by atoms with Crippen molar-refractivity contribution in [3.8, 4) is 5.75 Å². The van der Waals surface area contributed by atoms with E-state index in [9.17, 15) is 15.0 Å². The van der Waals surface area contributed by atoms with Gasteiger partial charge in [-0.2, -0.15) is 0 Å². The van der Waals surface area contributed by atoms with Gasteiger partial charge in [0.15, 0.2) is 0 Å². The molecule has 0 bridgehead atoms. The number of rotatable bonds is 9. The van der Waals surface area contributed by atoms with Crippen molar-refractivity contribution in [1.29, 1.82) is 5.41 Å². The van der Waals surface area contributed by atoms with Crippen LogP contribution in [-0.4, -0.2) is 33.5 Å². The number of carboxylic acid groups (broad SMARTS) is 1. The third-order valence-corrected chi connectivity index (χ3v) is 8.29. The first kappa shape index (κ1) is 26.5. The van der Waals surface area contributed by atoms with Crippen molar-refractivity contribution in [1.82, 2.24) is 4.98 Å². The molecule has 2 aliphatic carbocycles. The van der Waals surface area contributed by atoms with Gasteiger partial charge in [-0.1, -0.05) is 53.9 Å². The number of halogens is 3. The molecule has 0 amide bonds. The lowest BCUT2D eigenvalue weighted by atomic mass is 9.93. The molecule has 2 aromatic carbocycles. The molecule has 1 aromatic heterocycles. The van der Waals surface area contributed by atoms with Gasteiger partial charge in [0, 0.05) is 39.7 Å². The maximum absolute atomic E-state index is 11.4. The predicted molar refractivity (Wildman–Crippen MR) is 149 cm³/mol. The summed E-state index contributed by atoms with van der Waals surface area (Å²) in [6.45, 7) is 2.03. The first-order chi connectivity index (χ1) is 18.1. The van der Waals surface area contributed by atoms with Gasteiger partial charge < -0.3 is 14.9 Å². The summed E-state index contributed by atoms with van der Waals surface area (Å²) >= 11 is 19.4. The molecule has 9 heteroatoms. The second kappa shape index (κ2) is 10.3. The van der Waals surface area contributed by atoms with E-state index in [-0.39, 0.29) is 40.9 Å². The van der Waals surface area contributed by atoms with Crippen LogP contribution in [0.4, 0.5) is 0 Å². The second-order valence-electron chi connectivity index (χ2n) is 9.99. The van der Waals surface area contributed by atoms with Crippen LogP contribution in [0.1, 0.15) is 59.3 Å². The van der Waals surface area contributed by atoms with E-state index in [1.54, 1.807) is 36.4 Å². The first-order valence-corrected chi connectivity index (χ1v) is 13.3. The standard InChI is InChI=1S/C29H25Cl3N2O4/c1-29(13-20(29)24-11-16(28(36)37)9-10-34-24)19-8-7-17(12-23(19)32)38-14-18(27(35)15-5-6-15)26(33)25-21(30)3-2-4-22(25)31/h2-4,7-12,15,20,33,35H,5-6,13-14H2,1H3,(H,36,37)/b27-18-,33-26?. The van der Waals surface area contributed by atoms with Crippen LogP contribution in [-0.2, 0) is 5.41 Å². The summed E-state index contributed by atoms with van der Waals surface area (Å²) in [6.07, 6.45) is 4.01. The van der Waals surface area contributed by atoms with E-state index in [0.29, 0.717) is 32.0 Å². The molecule has 0 radical (unpaired) electrons. The molecule has 0 saturated heterocycles. The number of hydrogen-bond acceptors (Lipinski definition) is 5. The molecule has 0 aliphatic heterocycles. The molecule has 3 aromatic rings. The zero-order valence-corrected chi connectivity index (χ0v) is 22.7. The van der Waals surface area contributed by atoms with E-state index >= 15 is 0 Å². The average molecular weight is 572 g/mol. The number of aromatic carboxylic acids is 1.